The molecule has 0 aromatic heterocycles. The van der Waals surface area contributed by atoms with E-state index in [1.54, 1.807) is 12.1 Å². The van der Waals surface area contributed by atoms with Crippen LogP contribution in [-0.4, -0.2) is 13.1 Å². The molecule has 1 unspecified atom stereocenters. The predicted octanol–water partition coefficient (Wildman–Crippen LogP) is 2.61. The fourth-order valence-electron chi connectivity index (χ4n) is 1.59. The van der Waals surface area contributed by atoms with Crippen LogP contribution in [-0.2, 0) is 6.42 Å². The highest BCUT2D eigenvalue weighted by Crippen LogP contribution is 2.11. The van der Waals surface area contributed by atoms with Crippen molar-refractivity contribution in [3.8, 4) is 0 Å². The maximum Gasteiger partial charge on any atom is 0.123 e. The molecule has 0 heterocycles. The second-order valence-corrected chi connectivity index (χ2v) is 3.97. The standard InChI is InChI=1S/C12H18FN/c1-9(2)12(14-3)8-10-5-4-6-11(13)7-10/h4-7,9,12,14H,8H2,1-3H3. The maximum atomic E-state index is 12.9. The molecule has 0 saturated heterocycles. The van der Waals surface area contributed by atoms with Crippen molar-refractivity contribution in [2.45, 2.75) is 26.3 Å². The molecule has 0 aliphatic carbocycles. The van der Waals surface area contributed by atoms with Gasteiger partial charge in [-0.25, -0.2) is 4.39 Å². The molecular formula is C12H18FN. The van der Waals surface area contributed by atoms with Gasteiger partial charge in [-0.1, -0.05) is 26.0 Å². The van der Waals surface area contributed by atoms with Crippen LogP contribution in [0.2, 0.25) is 0 Å². The lowest BCUT2D eigenvalue weighted by atomic mass is 9.97. The van der Waals surface area contributed by atoms with E-state index in [4.69, 9.17) is 0 Å². The molecule has 0 bridgehead atoms. The van der Waals surface area contributed by atoms with Gasteiger partial charge in [-0.05, 0) is 37.1 Å². The number of halogens is 1. The number of hydrogen-bond donors (Lipinski definition) is 1. The van der Waals surface area contributed by atoms with E-state index in [-0.39, 0.29) is 5.82 Å². The minimum Gasteiger partial charge on any atom is -0.316 e. The van der Waals surface area contributed by atoms with E-state index in [1.807, 2.05) is 13.1 Å². The molecular weight excluding hydrogens is 177 g/mol. The molecule has 1 N–H and O–H groups in total. The Labute approximate surface area is 85.3 Å². The Hall–Kier alpha value is -0.890. The lowest BCUT2D eigenvalue weighted by Gasteiger charge is -2.20. The van der Waals surface area contributed by atoms with Crippen molar-refractivity contribution in [1.82, 2.24) is 5.32 Å². The van der Waals surface area contributed by atoms with E-state index in [9.17, 15) is 4.39 Å². The Kier molecular flexibility index (Phi) is 4.08. The van der Waals surface area contributed by atoms with E-state index < -0.39 is 0 Å². The molecule has 0 aliphatic heterocycles. The van der Waals surface area contributed by atoms with E-state index >= 15 is 0 Å². The zero-order chi connectivity index (χ0) is 10.6. The van der Waals surface area contributed by atoms with Crippen LogP contribution < -0.4 is 5.32 Å². The zero-order valence-corrected chi connectivity index (χ0v) is 9.05. The molecule has 0 radical (unpaired) electrons. The monoisotopic (exact) mass is 195 g/mol. The van der Waals surface area contributed by atoms with Gasteiger partial charge in [0.15, 0.2) is 0 Å². The summed E-state index contributed by atoms with van der Waals surface area (Å²) in [5.41, 5.74) is 1.05. The van der Waals surface area contributed by atoms with Crippen LogP contribution in [0.1, 0.15) is 19.4 Å². The molecule has 14 heavy (non-hydrogen) atoms. The van der Waals surface area contributed by atoms with Crippen LogP contribution in [0.15, 0.2) is 24.3 Å². The second-order valence-electron chi connectivity index (χ2n) is 3.97. The van der Waals surface area contributed by atoms with Crippen molar-refractivity contribution in [2.75, 3.05) is 7.05 Å². The summed E-state index contributed by atoms with van der Waals surface area (Å²) in [6, 6.07) is 7.23. The molecule has 0 aliphatic rings. The quantitative estimate of drug-likeness (QED) is 0.778. The third kappa shape index (κ3) is 3.11. The Bertz CT molecular complexity index is 283. The fourth-order valence-corrected chi connectivity index (χ4v) is 1.59. The van der Waals surface area contributed by atoms with Gasteiger partial charge in [0.25, 0.3) is 0 Å². The summed E-state index contributed by atoms with van der Waals surface area (Å²) in [4.78, 5) is 0. The molecule has 0 spiro atoms. The third-order valence-electron chi connectivity index (χ3n) is 2.52. The summed E-state index contributed by atoms with van der Waals surface area (Å²) in [5, 5.41) is 3.25. The van der Waals surface area contributed by atoms with Gasteiger partial charge in [0.05, 0.1) is 0 Å². The van der Waals surface area contributed by atoms with Crippen molar-refractivity contribution in [2.24, 2.45) is 5.92 Å². The lowest BCUT2D eigenvalue weighted by molar-refractivity contribution is 0.424. The largest absolute Gasteiger partial charge is 0.316 e. The van der Waals surface area contributed by atoms with Crippen molar-refractivity contribution in [1.29, 1.82) is 0 Å². The average molecular weight is 195 g/mol. The number of likely N-dealkylation sites (N-methyl/N-ethyl adjacent to an activating group) is 1. The molecule has 0 amide bonds. The fraction of sp³-hybridized carbons (Fsp3) is 0.500. The number of benzene rings is 1. The minimum atomic E-state index is -0.152. The van der Waals surface area contributed by atoms with Crippen molar-refractivity contribution < 1.29 is 4.39 Å². The molecule has 0 fully saturated rings. The Balaban J connectivity index is 2.67. The topological polar surface area (TPSA) is 12.0 Å². The predicted molar refractivity (Wildman–Crippen MR) is 57.8 cm³/mol. The summed E-state index contributed by atoms with van der Waals surface area (Å²) in [6.45, 7) is 4.33. The van der Waals surface area contributed by atoms with Crippen LogP contribution in [0.4, 0.5) is 4.39 Å². The number of hydrogen-bond acceptors (Lipinski definition) is 1. The first-order valence-electron chi connectivity index (χ1n) is 5.05. The van der Waals surface area contributed by atoms with Crippen molar-refractivity contribution >= 4 is 0 Å². The van der Waals surface area contributed by atoms with Gasteiger partial charge in [-0.15, -0.1) is 0 Å². The van der Waals surface area contributed by atoms with Gasteiger partial charge in [0.2, 0.25) is 0 Å². The maximum absolute atomic E-state index is 12.9. The summed E-state index contributed by atoms with van der Waals surface area (Å²) in [5.74, 6) is 0.407. The first-order chi connectivity index (χ1) is 6.63. The Morgan fingerprint density at radius 2 is 2.07 bits per heavy atom. The first kappa shape index (κ1) is 11.2. The molecule has 1 atom stereocenters. The van der Waals surface area contributed by atoms with Gasteiger partial charge in [-0.2, -0.15) is 0 Å². The van der Waals surface area contributed by atoms with E-state index in [0.717, 1.165) is 12.0 Å². The zero-order valence-electron chi connectivity index (χ0n) is 9.05. The number of rotatable bonds is 4. The first-order valence-corrected chi connectivity index (χ1v) is 5.05. The molecule has 1 nitrogen and oxygen atoms in total. The van der Waals surface area contributed by atoms with E-state index in [0.29, 0.717) is 12.0 Å². The van der Waals surface area contributed by atoms with Gasteiger partial charge in [0.1, 0.15) is 5.82 Å². The summed E-state index contributed by atoms with van der Waals surface area (Å²) in [6.07, 6.45) is 0.881. The summed E-state index contributed by atoms with van der Waals surface area (Å²) < 4.78 is 12.9. The van der Waals surface area contributed by atoms with Gasteiger partial charge < -0.3 is 5.32 Å². The normalized spacial score (nSPS) is 13.2. The molecule has 2 heteroatoms. The molecule has 0 saturated carbocycles. The van der Waals surface area contributed by atoms with Gasteiger partial charge >= 0.3 is 0 Å². The Morgan fingerprint density at radius 1 is 1.36 bits per heavy atom. The lowest BCUT2D eigenvalue weighted by Crippen LogP contribution is -2.32. The Morgan fingerprint density at radius 3 is 2.57 bits per heavy atom. The minimum absolute atomic E-state index is 0.152. The highest BCUT2D eigenvalue weighted by atomic mass is 19.1. The van der Waals surface area contributed by atoms with Gasteiger partial charge in [0, 0.05) is 6.04 Å². The molecule has 1 aromatic rings. The van der Waals surface area contributed by atoms with Crippen molar-refractivity contribution in [3.63, 3.8) is 0 Å². The molecule has 1 aromatic carbocycles. The summed E-state index contributed by atoms with van der Waals surface area (Å²) >= 11 is 0. The highest BCUT2D eigenvalue weighted by molar-refractivity contribution is 5.17. The molecule has 78 valence electrons. The van der Waals surface area contributed by atoms with Crippen LogP contribution >= 0.6 is 0 Å². The van der Waals surface area contributed by atoms with Gasteiger partial charge in [-0.3, -0.25) is 0 Å². The number of nitrogens with one attached hydrogen (secondary N) is 1. The average Bonchev–Trinajstić information content (AvgIpc) is 2.14. The SMILES string of the molecule is CNC(Cc1cccc(F)c1)C(C)C. The molecule has 1 rings (SSSR count). The summed E-state index contributed by atoms with van der Waals surface area (Å²) in [7, 11) is 1.95. The third-order valence-corrected chi connectivity index (χ3v) is 2.52. The van der Waals surface area contributed by atoms with Crippen molar-refractivity contribution in [3.05, 3.63) is 35.6 Å². The van der Waals surface area contributed by atoms with E-state index in [1.165, 1.54) is 6.07 Å². The highest BCUT2D eigenvalue weighted by Gasteiger charge is 2.11. The van der Waals surface area contributed by atoms with Crippen LogP contribution in [0.25, 0.3) is 0 Å². The van der Waals surface area contributed by atoms with Crippen LogP contribution in [0.3, 0.4) is 0 Å². The smallest absolute Gasteiger partial charge is 0.123 e. The van der Waals surface area contributed by atoms with Crippen LogP contribution in [0, 0.1) is 11.7 Å². The second kappa shape index (κ2) is 5.11. The van der Waals surface area contributed by atoms with Crippen LogP contribution in [0.5, 0.6) is 0 Å². The van der Waals surface area contributed by atoms with E-state index in [2.05, 4.69) is 19.2 Å².